The van der Waals surface area contributed by atoms with E-state index in [9.17, 15) is 0 Å². The topological polar surface area (TPSA) is 55.0 Å². The van der Waals surface area contributed by atoms with Crippen LogP contribution in [0.1, 0.15) is 20.8 Å². The van der Waals surface area contributed by atoms with Crippen molar-refractivity contribution in [3.8, 4) is 0 Å². The van der Waals surface area contributed by atoms with Gasteiger partial charge in [0, 0.05) is 13.1 Å². The summed E-state index contributed by atoms with van der Waals surface area (Å²) in [6.45, 7) is 8.68. The van der Waals surface area contributed by atoms with Crippen LogP contribution in [-0.2, 0) is 0 Å². The number of halogens is 1. The summed E-state index contributed by atoms with van der Waals surface area (Å²) in [6, 6.07) is 0. The molecule has 0 radical (unpaired) electrons. The van der Waals surface area contributed by atoms with Crippen LogP contribution in [0.2, 0.25) is 5.15 Å². The molecule has 0 aromatic carbocycles. The first-order valence-electron chi connectivity index (χ1n) is 5.41. The van der Waals surface area contributed by atoms with Crippen molar-refractivity contribution < 1.29 is 0 Å². The minimum Gasteiger partial charge on any atom is -0.355 e. The fourth-order valence-corrected chi connectivity index (χ4v) is 1.56. The van der Waals surface area contributed by atoms with E-state index in [1.807, 2.05) is 0 Å². The van der Waals surface area contributed by atoms with E-state index in [0.29, 0.717) is 11.7 Å². The second-order valence-electron chi connectivity index (χ2n) is 4.58. The molecule has 1 aromatic rings. The van der Waals surface area contributed by atoms with E-state index in [4.69, 9.17) is 17.3 Å². The Labute approximate surface area is 102 Å². The van der Waals surface area contributed by atoms with Gasteiger partial charge in [0.25, 0.3) is 0 Å². The molecular weight excluding hydrogens is 224 g/mol. The van der Waals surface area contributed by atoms with Crippen LogP contribution in [0.4, 0.5) is 5.82 Å². The predicted molar refractivity (Wildman–Crippen MR) is 67.8 cm³/mol. The molecule has 0 bridgehead atoms. The number of nitrogens with zero attached hydrogens (tertiary/aromatic N) is 3. The summed E-state index contributed by atoms with van der Waals surface area (Å²) < 4.78 is 0. The monoisotopic (exact) mass is 242 g/mol. The highest BCUT2D eigenvalue weighted by Gasteiger charge is 2.20. The smallest absolute Gasteiger partial charge is 0.149 e. The van der Waals surface area contributed by atoms with Crippen molar-refractivity contribution in [2.24, 2.45) is 11.1 Å². The molecule has 0 aliphatic carbocycles. The van der Waals surface area contributed by atoms with Crippen LogP contribution in [-0.4, -0.2) is 29.6 Å². The van der Waals surface area contributed by atoms with Gasteiger partial charge in [-0.1, -0.05) is 25.4 Å². The predicted octanol–water partition coefficient (Wildman–Crippen LogP) is 1.94. The SMILES string of the molecule is CCN(CC(C)(C)CN)c1cncc(Cl)n1. The van der Waals surface area contributed by atoms with Gasteiger partial charge in [0.2, 0.25) is 0 Å². The third-order valence-electron chi connectivity index (χ3n) is 2.47. The Morgan fingerprint density at radius 1 is 1.44 bits per heavy atom. The van der Waals surface area contributed by atoms with Crippen molar-refractivity contribution >= 4 is 17.4 Å². The Bertz CT molecular complexity index is 341. The summed E-state index contributed by atoms with van der Waals surface area (Å²) >= 11 is 5.83. The molecule has 0 amide bonds. The van der Waals surface area contributed by atoms with Gasteiger partial charge in [0.15, 0.2) is 0 Å². The second-order valence-corrected chi connectivity index (χ2v) is 4.97. The van der Waals surface area contributed by atoms with Crippen molar-refractivity contribution in [1.29, 1.82) is 0 Å². The second kappa shape index (κ2) is 5.46. The van der Waals surface area contributed by atoms with Crippen LogP contribution in [0.15, 0.2) is 12.4 Å². The Kier molecular flexibility index (Phi) is 4.50. The number of nitrogens with two attached hydrogens (primary N) is 1. The van der Waals surface area contributed by atoms with E-state index in [2.05, 4.69) is 35.6 Å². The van der Waals surface area contributed by atoms with Gasteiger partial charge in [0.05, 0.1) is 12.4 Å². The van der Waals surface area contributed by atoms with Crippen molar-refractivity contribution in [3.63, 3.8) is 0 Å². The first kappa shape index (κ1) is 13.2. The number of aromatic nitrogens is 2. The number of hydrogen-bond acceptors (Lipinski definition) is 4. The van der Waals surface area contributed by atoms with Gasteiger partial charge in [-0.25, -0.2) is 4.98 Å². The molecule has 2 N–H and O–H groups in total. The van der Waals surface area contributed by atoms with Gasteiger partial charge >= 0.3 is 0 Å². The highest BCUT2D eigenvalue weighted by Crippen LogP contribution is 2.19. The number of hydrogen-bond donors (Lipinski definition) is 1. The third kappa shape index (κ3) is 3.61. The molecule has 1 rings (SSSR count). The van der Waals surface area contributed by atoms with Gasteiger partial charge in [-0.05, 0) is 18.9 Å². The molecule has 4 nitrogen and oxygen atoms in total. The van der Waals surface area contributed by atoms with Gasteiger partial charge in [-0.15, -0.1) is 0 Å². The maximum atomic E-state index is 5.83. The van der Waals surface area contributed by atoms with Crippen LogP contribution < -0.4 is 10.6 Å². The lowest BCUT2D eigenvalue weighted by molar-refractivity contribution is 0.378. The maximum Gasteiger partial charge on any atom is 0.149 e. The zero-order valence-corrected chi connectivity index (χ0v) is 10.8. The average Bonchev–Trinajstić information content (AvgIpc) is 2.26. The van der Waals surface area contributed by atoms with Gasteiger partial charge < -0.3 is 10.6 Å². The molecule has 16 heavy (non-hydrogen) atoms. The van der Waals surface area contributed by atoms with E-state index < -0.39 is 0 Å². The molecule has 0 aliphatic heterocycles. The molecule has 0 unspecified atom stereocenters. The standard InChI is InChI=1S/C11H19ClN4/c1-4-16(8-11(2,3)7-13)10-6-14-5-9(12)15-10/h5-6H,4,7-8,13H2,1-3H3. The van der Waals surface area contributed by atoms with Crippen molar-refractivity contribution in [2.45, 2.75) is 20.8 Å². The quantitative estimate of drug-likeness (QED) is 0.858. The van der Waals surface area contributed by atoms with Gasteiger partial charge in [-0.3, -0.25) is 4.98 Å². The fourth-order valence-electron chi connectivity index (χ4n) is 1.42. The molecule has 0 saturated carbocycles. The summed E-state index contributed by atoms with van der Waals surface area (Å²) in [5.41, 5.74) is 5.78. The third-order valence-corrected chi connectivity index (χ3v) is 2.65. The largest absolute Gasteiger partial charge is 0.355 e. The minimum absolute atomic E-state index is 0.0556. The normalized spacial score (nSPS) is 11.6. The highest BCUT2D eigenvalue weighted by atomic mass is 35.5. The van der Waals surface area contributed by atoms with E-state index in [-0.39, 0.29) is 5.41 Å². The Balaban J connectivity index is 2.82. The first-order chi connectivity index (χ1) is 7.48. The zero-order chi connectivity index (χ0) is 12.2. The summed E-state index contributed by atoms with van der Waals surface area (Å²) in [5, 5.41) is 0.418. The minimum atomic E-state index is 0.0556. The molecule has 1 aromatic heterocycles. The maximum absolute atomic E-state index is 5.83. The molecule has 0 aliphatic rings. The molecular formula is C11H19ClN4. The van der Waals surface area contributed by atoms with Crippen molar-refractivity contribution in [3.05, 3.63) is 17.5 Å². The van der Waals surface area contributed by atoms with E-state index in [1.54, 1.807) is 6.20 Å². The molecule has 0 spiro atoms. The van der Waals surface area contributed by atoms with Crippen LogP contribution in [0, 0.1) is 5.41 Å². The van der Waals surface area contributed by atoms with Crippen LogP contribution in [0.3, 0.4) is 0 Å². The summed E-state index contributed by atoms with van der Waals surface area (Å²) in [6.07, 6.45) is 3.26. The summed E-state index contributed by atoms with van der Waals surface area (Å²) in [7, 11) is 0. The molecule has 90 valence electrons. The first-order valence-corrected chi connectivity index (χ1v) is 5.79. The van der Waals surface area contributed by atoms with Crippen molar-refractivity contribution in [2.75, 3.05) is 24.5 Å². The molecule has 0 atom stereocenters. The highest BCUT2D eigenvalue weighted by molar-refractivity contribution is 6.29. The van der Waals surface area contributed by atoms with E-state index in [1.165, 1.54) is 6.20 Å². The Morgan fingerprint density at radius 3 is 2.62 bits per heavy atom. The molecule has 0 fully saturated rings. The van der Waals surface area contributed by atoms with Crippen LogP contribution in [0.25, 0.3) is 0 Å². The molecule has 5 heteroatoms. The fraction of sp³-hybridized carbons (Fsp3) is 0.636. The summed E-state index contributed by atoms with van der Waals surface area (Å²) in [5.74, 6) is 0.802. The van der Waals surface area contributed by atoms with Crippen LogP contribution in [0.5, 0.6) is 0 Å². The Morgan fingerprint density at radius 2 is 2.12 bits per heavy atom. The number of anilines is 1. The number of rotatable bonds is 5. The Hall–Kier alpha value is -0.870. The average molecular weight is 243 g/mol. The zero-order valence-electron chi connectivity index (χ0n) is 10.1. The lowest BCUT2D eigenvalue weighted by Gasteiger charge is -2.31. The lowest BCUT2D eigenvalue weighted by Crippen LogP contribution is -2.39. The van der Waals surface area contributed by atoms with E-state index >= 15 is 0 Å². The molecule has 0 saturated heterocycles. The van der Waals surface area contributed by atoms with Crippen molar-refractivity contribution in [1.82, 2.24) is 9.97 Å². The summed E-state index contributed by atoms with van der Waals surface area (Å²) in [4.78, 5) is 10.4. The van der Waals surface area contributed by atoms with Crippen LogP contribution >= 0.6 is 11.6 Å². The van der Waals surface area contributed by atoms with Gasteiger partial charge in [-0.2, -0.15) is 0 Å². The lowest BCUT2D eigenvalue weighted by atomic mass is 9.93. The van der Waals surface area contributed by atoms with Gasteiger partial charge in [0.1, 0.15) is 11.0 Å². The molecule has 1 heterocycles. The van der Waals surface area contributed by atoms with E-state index in [0.717, 1.165) is 18.9 Å².